The molecule has 0 radical (unpaired) electrons. The molecule has 19 heavy (non-hydrogen) atoms. The van der Waals surface area contributed by atoms with Crippen LogP contribution in [0, 0.1) is 0 Å². The van der Waals surface area contributed by atoms with Crippen LogP contribution in [0.2, 0.25) is 0 Å². The number of carbonyl (C=O) groups excluding carboxylic acids is 1. The zero-order valence-corrected chi connectivity index (χ0v) is 13.9. The second kappa shape index (κ2) is 7.96. The predicted octanol–water partition coefficient (Wildman–Crippen LogP) is 2.82. The van der Waals surface area contributed by atoms with Crippen LogP contribution in [0.25, 0.3) is 0 Å². The molecule has 0 aliphatic heterocycles. The van der Waals surface area contributed by atoms with E-state index in [0.717, 1.165) is 14.4 Å². The minimum Gasteiger partial charge on any atom is -0.346 e. The number of nitrogens with two attached hydrogens (primary N) is 1. The van der Waals surface area contributed by atoms with Gasteiger partial charge in [-0.25, -0.2) is 4.98 Å². The fourth-order valence-electron chi connectivity index (χ4n) is 1.36. The number of nitrogens with one attached hydrogen (secondary N) is 1. The minimum atomic E-state index is -0.144. The van der Waals surface area contributed by atoms with Gasteiger partial charge < -0.3 is 11.1 Å². The van der Waals surface area contributed by atoms with Crippen LogP contribution in [0.3, 0.4) is 0 Å². The first-order valence-corrected chi connectivity index (χ1v) is 7.90. The van der Waals surface area contributed by atoms with Crippen molar-refractivity contribution in [2.45, 2.75) is 13.0 Å². The van der Waals surface area contributed by atoms with Gasteiger partial charge in [-0.3, -0.25) is 4.79 Å². The standard InChI is InChI=1S/C11H12BrN3OS2.ClH/c12-7-2-4-17-9(7)5-14-11(16)8-6-18-10(15-8)1-3-13;/h2,4,6H,1,3,5,13H2,(H,14,16);1H. The summed E-state index contributed by atoms with van der Waals surface area (Å²) in [6, 6.07) is 1.97. The Kier molecular flexibility index (Phi) is 6.95. The molecule has 0 aliphatic carbocycles. The highest BCUT2D eigenvalue weighted by molar-refractivity contribution is 9.10. The van der Waals surface area contributed by atoms with Crippen LogP contribution in [-0.2, 0) is 13.0 Å². The third-order valence-electron chi connectivity index (χ3n) is 2.24. The van der Waals surface area contributed by atoms with Gasteiger partial charge in [0.2, 0.25) is 0 Å². The second-order valence-electron chi connectivity index (χ2n) is 3.54. The van der Waals surface area contributed by atoms with Crippen LogP contribution in [0.5, 0.6) is 0 Å². The maximum absolute atomic E-state index is 11.9. The molecule has 1 amide bonds. The van der Waals surface area contributed by atoms with Crippen LogP contribution in [0.1, 0.15) is 20.4 Å². The lowest BCUT2D eigenvalue weighted by atomic mass is 10.4. The maximum Gasteiger partial charge on any atom is 0.271 e. The van der Waals surface area contributed by atoms with Crippen molar-refractivity contribution in [3.8, 4) is 0 Å². The van der Waals surface area contributed by atoms with E-state index < -0.39 is 0 Å². The van der Waals surface area contributed by atoms with Crippen molar-refractivity contribution < 1.29 is 4.79 Å². The van der Waals surface area contributed by atoms with Crippen molar-refractivity contribution in [1.82, 2.24) is 10.3 Å². The SMILES string of the molecule is Cl.NCCc1nc(C(=O)NCc2sccc2Br)cs1. The molecule has 2 aromatic heterocycles. The lowest BCUT2D eigenvalue weighted by Crippen LogP contribution is -2.22. The number of thiazole rings is 1. The molecule has 2 aromatic rings. The van der Waals surface area contributed by atoms with Gasteiger partial charge in [0.1, 0.15) is 5.69 Å². The lowest BCUT2D eigenvalue weighted by Gasteiger charge is -2.01. The van der Waals surface area contributed by atoms with E-state index in [0.29, 0.717) is 25.2 Å². The summed E-state index contributed by atoms with van der Waals surface area (Å²) in [5.41, 5.74) is 5.92. The van der Waals surface area contributed by atoms with Crippen LogP contribution in [0.15, 0.2) is 21.3 Å². The number of hydrogen-bond acceptors (Lipinski definition) is 5. The predicted molar refractivity (Wildman–Crippen MR) is 85.3 cm³/mol. The first-order valence-electron chi connectivity index (χ1n) is 5.35. The summed E-state index contributed by atoms with van der Waals surface area (Å²) in [7, 11) is 0. The van der Waals surface area contributed by atoms with E-state index in [2.05, 4.69) is 26.2 Å². The summed E-state index contributed by atoms with van der Waals surface area (Å²) in [6.07, 6.45) is 0.717. The molecule has 4 nitrogen and oxygen atoms in total. The maximum atomic E-state index is 11.9. The number of rotatable bonds is 5. The summed E-state index contributed by atoms with van der Waals surface area (Å²) in [6.45, 7) is 1.07. The van der Waals surface area contributed by atoms with E-state index in [-0.39, 0.29) is 18.3 Å². The Labute approximate surface area is 134 Å². The first kappa shape index (κ1) is 16.6. The first-order chi connectivity index (χ1) is 8.70. The second-order valence-corrected chi connectivity index (χ2v) is 6.34. The monoisotopic (exact) mass is 381 g/mol. The number of thiophene rings is 1. The molecule has 0 unspecified atom stereocenters. The van der Waals surface area contributed by atoms with Gasteiger partial charge in [-0.1, -0.05) is 0 Å². The number of hydrogen-bond donors (Lipinski definition) is 2. The van der Waals surface area contributed by atoms with Gasteiger partial charge in [0, 0.05) is 21.2 Å². The van der Waals surface area contributed by atoms with Crippen LogP contribution in [-0.4, -0.2) is 17.4 Å². The molecule has 0 atom stereocenters. The van der Waals surface area contributed by atoms with Gasteiger partial charge in [0.05, 0.1) is 11.6 Å². The van der Waals surface area contributed by atoms with Crippen LogP contribution >= 0.6 is 51.0 Å². The zero-order chi connectivity index (χ0) is 13.0. The van der Waals surface area contributed by atoms with Gasteiger partial charge in [0.15, 0.2) is 0 Å². The highest BCUT2D eigenvalue weighted by Gasteiger charge is 2.11. The molecule has 3 N–H and O–H groups in total. The number of amides is 1. The summed E-state index contributed by atoms with van der Waals surface area (Å²) in [4.78, 5) is 17.2. The molecular weight excluding hydrogens is 370 g/mol. The molecule has 0 saturated heterocycles. The summed E-state index contributed by atoms with van der Waals surface area (Å²) in [5.74, 6) is -0.144. The minimum absolute atomic E-state index is 0. The van der Waals surface area contributed by atoms with Crippen LogP contribution < -0.4 is 11.1 Å². The molecule has 104 valence electrons. The van der Waals surface area contributed by atoms with Crippen molar-refractivity contribution in [1.29, 1.82) is 0 Å². The fourth-order valence-corrected chi connectivity index (χ4v) is 3.58. The van der Waals surface area contributed by atoms with Gasteiger partial charge in [-0.15, -0.1) is 35.1 Å². The van der Waals surface area contributed by atoms with E-state index in [1.165, 1.54) is 11.3 Å². The van der Waals surface area contributed by atoms with Crippen molar-refractivity contribution in [2.75, 3.05) is 6.54 Å². The fraction of sp³-hybridized carbons (Fsp3) is 0.273. The van der Waals surface area contributed by atoms with Crippen molar-refractivity contribution in [3.63, 3.8) is 0 Å². The Morgan fingerprint density at radius 3 is 2.89 bits per heavy atom. The lowest BCUT2D eigenvalue weighted by molar-refractivity contribution is 0.0947. The Morgan fingerprint density at radius 1 is 1.47 bits per heavy atom. The molecule has 8 heteroatoms. The number of carbonyl (C=O) groups is 1. The molecule has 2 rings (SSSR count). The molecule has 2 heterocycles. The number of aromatic nitrogens is 1. The molecule has 0 saturated carbocycles. The summed E-state index contributed by atoms with van der Waals surface area (Å²) < 4.78 is 1.02. The van der Waals surface area contributed by atoms with E-state index in [4.69, 9.17) is 5.73 Å². The normalized spacial score (nSPS) is 10.0. The van der Waals surface area contributed by atoms with Gasteiger partial charge in [-0.2, -0.15) is 0 Å². The van der Waals surface area contributed by atoms with Crippen LogP contribution in [0.4, 0.5) is 0 Å². The molecule has 0 aliphatic rings. The molecule has 0 spiro atoms. The van der Waals surface area contributed by atoms with Crippen molar-refractivity contribution in [2.24, 2.45) is 5.73 Å². The van der Waals surface area contributed by atoms with Crippen molar-refractivity contribution >= 4 is 56.9 Å². The Morgan fingerprint density at radius 2 is 2.26 bits per heavy atom. The Balaban J connectivity index is 0.00000180. The van der Waals surface area contributed by atoms with E-state index in [1.807, 2.05) is 11.4 Å². The smallest absolute Gasteiger partial charge is 0.271 e. The summed E-state index contributed by atoms with van der Waals surface area (Å²) >= 11 is 6.50. The summed E-state index contributed by atoms with van der Waals surface area (Å²) in [5, 5.41) is 7.50. The van der Waals surface area contributed by atoms with Gasteiger partial charge in [-0.05, 0) is 33.9 Å². The number of nitrogens with zero attached hydrogens (tertiary/aromatic N) is 1. The average Bonchev–Trinajstić information content (AvgIpc) is 2.96. The van der Waals surface area contributed by atoms with Gasteiger partial charge in [0.25, 0.3) is 5.91 Å². The third-order valence-corrected chi connectivity index (χ3v) is 5.08. The highest BCUT2D eigenvalue weighted by Crippen LogP contribution is 2.22. The topological polar surface area (TPSA) is 68.0 Å². The van der Waals surface area contributed by atoms with E-state index in [9.17, 15) is 4.79 Å². The largest absolute Gasteiger partial charge is 0.346 e. The number of halogens is 2. The zero-order valence-electron chi connectivity index (χ0n) is 9.89. The quantitative estimate of drug-likeness (QED) is 0.835. The Bertz CT molecular complexity index is 544. The highest BCUT2D eigenvalue weighted by atomic mass is 79.9. The van der Waals surface area contributed by atoms with E-state index in [1.54, 1.807) is 16.7 Å². The Hall–Kier alpha value is -0.470. The molecule has 0 fully saturated rings. The molecule has 0 bridgehead atoms. The third kappa shape index (κ3) is 4.54. The molecular formula is C11H13BrClN3OS2. The van der Waals surface area contributed by atoms with Gasteiger partial charge >= 0.3 is 0 Å². The van der Waals surface area contributed by atoms with Crippen molar-refractivity contribution in [3.05, 3.63) is 36.9 Å². The molecule has 0 aromatic carbocycles. The average molecular weight is 383 g/mol. The van der Waals surface area contributed by atoms with E-state index >= 15 is 0 Å².